The first-order valence-corrected chi connectivity index (χ1v) is 8.95. The Morgan fingerprint density at radius 1 is 1.08 bits per heavy atom. The van der Waals surface area contributed by atoms with Gasteiger partial charge in [-0.05, 0) is 37.1 Å². The summed E-state index contributed by atoms with van der Waals surface area (Å²) >= 11 is 0.924. The van der Waals surface area contributed by atoms with Crippen LogP contribution in [-0.2, 0) is 0 Å². The molecule has 8 heteroatoms. The number of benzene rings is 1. The lowest BCUT2D eigenvalue weighted by atomic mass is 10.0. The van der Waals surface area contributed by atoms with Gasteiger partial charge in [-0.1, -0.05) is 12.1 Å². The van der Waals surface area contributed by atoms with Crippen LogP contribution in [0.25, 0.3) is 0 Å². The van der Waals surface area contributed by atoms with E-state index in [1.807, 2.05) is 0 Å². The molecule has 6 nitrogen and oxygen atoms in total. The summed E-state index contributed by atoms with van der Waals surface area (Å²) in [6.45, 7) is 0.839. The van der Waals surface area contributed by atoms with E-state index in [9.17, 15) is 18.8 Å². The van der Waals surface area contributed by atoms with Crippen LogP contribution in [0.1, 0.15) is 42.5 Å². The van der Waals surface area contributed by atoms with Gasteiger partial charge in [0, 0.05) is 19.1 Å². The van der Waals surface area contributed by atoms with Crippen molar-refractivity contribution in [2.24, 2.45) is 0 Å². The van der Waals surface area contributed by atoms with Crippen molar-refractivity contribution in [1.82, 2.24) is 10.2 Å². The number of hydrogen-bond donors (Lipinski definition) is 2. The number of rotatable bonds is 4. The third kappa shape index (κ3) is 3.91. The predicted molar refractivity (Wildman–Crippen MR) is 94.1 cm³/mol. The van der Waals surface area contributed by atoms with E-state index >= 15 is 0 Å². The molecule has 2 heterocycles. The van der Waals surface area contributed by atoms with Crippen molar-refractivity contribution in [3.63, 3.8) is 0 Å². The average molecular weight is 376 g/mol. The summed E-state index contributed by atoms with van der Waals surface area (Å²) in [5, 5.41) is 11.8. The maximum atomic E-state index is 13.7. The highest BCUT2D eigenvalue weighted by Crippen LogP contribution is 2.19. The van der Waals surface area contributed by atoms with E-state index < -0.39 is 11.8 Å². The minimum absolute atomic E-state index is 0.0507. The molecule has 0 unspecified atom stereocenters. The molecule has 0 saturated carbocycles. The number of nitrogens with one attached hydrogen (secondary N) is 1. The standard InChI is InChI=1S/C18H17FN2O4S/c19-13-4-2-1-3-12(13)17(23)21-9-7-11(8-10-21)20-16(22)14-5-6-15(26-14)18(24)25/h1-6,11H,7-10H2,(H,20,22)(H,24,25). The van der Waals surface area contributed by atoms with Gasteiger partial charge in [0.1, 0.15) is 10.7 Å². The highest BCUT2D eigenvalue weighted by molar-refractivity contribution is 7.15. The van der Waals surface area contributed by atoms with Crippen molar-refractivity contribution in [3.8, 4) is 0 Å². The second-order valence-corrected chi connectivity index (χ2v) is 7.07. The predicted octanol–water partition coefficient (Wildman–Crippen LogP) is 2.62. The van der Waals surface area contributed by atoms with Crippen LogP contribution >= 0.6 is 11.3 Å². The maximum Gasteiger partial charge on any atom is 0.345 e. The molecule has 0 bridgehead atoms. The Kier molecular flexibility index (Phi) is 5.32. The summed E-state index contributed by atoms with van der Waals surface area (Å²) in [6.07, 6.45) is 1.12. The number of likely N-dealkylation sites (tertiary alicyclic amines) is 1. The number of amides is 2. The lowest BCUT2D eigenvalue weighted by molar-refractivity contribution is 0.0686. The number of carbonyl (C=O) groups is 3. The van der Waals surface area contributed by atoms with Crippen LogP contribution in [0.5, 0.6) is 0 Å². The summed E-state index contributed by atoms with van der Waals surface area (Å²) in [6, 6.07) is 8.65. The molecule has 1 fully saturated rings. The normalized spacial score (nSPS) is 14.9. The summed E-state index contributed by atoms with van der Waals surface area (Å²) < 4.78 is 13.7. The van der Waals surface area contributed by atoms with E-state index in [1.165, 1.54) is 30.3 Å². The quantitative estimate of drug-likeness (QED) is 0.859. The molecule has 0 atom stereocenters. The van der Waals surface area contributed by atoms with Crippen molar-refractivity contribution in [2.75, 3.05) is 13.1 Å². The zero-order chi connectivity index (χ0) is 18.7. The van der Waals surface area contributed by atoms with Gasteiger partial charge >= 0.3 is 5.97 Å². The fraction of sp³-hybridized carbons (Fsp3) is 0.278. The van der Waals surface area contributed by atoms with Gasteiger partial charge in [-0.2, -0.15) is 0 Å². The molecule has 2 aromatic rings. The zero-order valence-corrected chi connectivity index (χ0v) is 14.6. The first kappa shape index (κ1) is 18.1. The Bertz CT molecular complexity index is 843. The number of piperidine rings is 1. The molecule has 2 amide bonds. The van der Waals surface area contributed by atoms with Gasteiger partial charge in [-0.3, -0.25) is 9.59 Å². The van der Waals surface area contributed by atoms with Crippen molar-refractivity contribution in [3.05, 3.63) is 57.5 Å². The van der Waals surface area contributed by atoms with Crippen molar-refractivity contribution >= 4 is 29.1 Å². The molecule has 1 aromatic carbocycles. The summed E-state index contributed by atoms with van der Waals surface area (Å²) in [5.41, 5.74) is 0.0507. The third-order valence-corrected chi connectivity index (χ3v) is 5.33. The molecule has 3 rings (SSSR count). The molecular formula is C18H17FN2O4S. The minimum Gasteiger partial charge on any atom is -0.477 e. The zero-order valence-electron chi connectivity index (χ0n) is 13.8. The van der Waals surface area contributed by atoms with Gasteiger partial charge in [0.25, 0.3) is 11.8 Å². The van der Waals surface area contributed by atoms with Crippen LogP contribution < -0.4 is 5.32 Å². The summed E-state index contributed by atoms with van der Waals surface area (Å²) in [5.74, 6) is -2.27. The van der Waals surface area contributed by atoms with Crippen LogP contribution in [0.4, 0.5) is 4.39 Å². The Labute approximate surface area is 153 Å². The lowest BCUT2D eigenvalue weighted by Gasteiger charge is -2.32. The number of thiophene rings is 1. The fourth-order valence-corrected chi connectivity index (χ4v) is 3.61. The molecule has 0 radical (unpaired) electrons. The van der Waals surface area contributed by atoms with Crippen LogP contribution in [0.3, 0.4) is 0 Å². The number of aromatic carboxylic acids is 1. The van der Waals surface area contributed by atoms with Gasteiger partial charge in [-0.15, -0.1) is 11.3 Å². The van der Waals surface area contributed by atoms with Gasteiger partial charge in [-0.25, -0.2) is 9.18 Å². The number of carboxylic acid groups (broad SMARTS) is 1. The Morgan fingerprint density at radius 3 is 2.35 bits per heavy atom. The van der Waals surface area contributed by atoms with E-state index in [4.69, 9.17) is 5.11 Å². The van der Waals surface area contributed by atoms with Gasteiger partial charge < -0.3 is 15.3 Å². The summed E-state index contributed by atoms with van der Waals surface area (Å²) in [4.78, 5) is 37.5. The molecule has 2 N–H and O–H groups in total. The molecule has 1 aromatic heterocycles. The van der Waals surface area contributed by atoms with Gasteiger partial charge in [0.05, 0.1) is 10.4 Å². The highest BCUT2D eigenvalue weighted by Gasteiger charge is 2.26. The smallest absolute Gasteiger partial charge is 0.345 e. The van der Waals surface area contributed by atoms with E-state index in [0.717, 1.165) is 11.3 Å². The SMILES string of the molecule is O=C(O)c1ccc(C(=O)NC2CCN(C(=O)c3ccccc3F)CC2)s1. The van der Waals surface area contributed by atoms with E-state index in [2.05, 4.69) is 5.32 Å². The Balaban J connectivity index is 1.55. The molecule has 0 spiro atoms. The third-order valence-electron chi connectivity index (χ3n) is 4.26. The Morgan fingerprint density at radius 2 is 1.73 bits per heavy atom. The molecule has 136 valence electrons. The van der Waals surface area contributed by atoms with E-state index in [0.29, 0.717) is 30.8 Å². The number of carbonyl (C=O) groups excluding carboxylic acids is 2. The number of halogens is 1. The molecule has 1 aliphatic rings. The first-order valence-electron chi connectivity index (χ1n) is 8.13. The first-order chi connectivity index (χ1) is 12.5. The molecule has 1 saturated heterocycles. The van der Waals surface area contributed by atoms with E-state index in [-0.39, 0.29) is 28.3 Å². The average Bonchev–Trinajstić information content (AvgIpc) is 3.13. The van der Waals surface area contributed by atoms with Crippen LogP contribution in [-0.4, -0.2) is 46.9 Å². The topological polar surface area (TPSA) is 86.7 Å². The lowest BCUT2D eigenvalue weighted by Crippen LogP contribution is -2.46. The summed E-state index contributed by atoms with van der Waals surface area (Å²) in [7, 11) is 0. The molecular weight excluding hydrogens is 359 g/mol. The molecule has 26 heavy (non-hydrogen) atoms. The number of carboxylic acids is 1. The second-order valence-electron chi connectivity index (χ2n) is 5.99. The number of nitrogens with zero attached hydrogens (tertiary/aromatic N) is 1. The van der Waals surface area contributed by atoms with Crippen LogP contribution in [0.2, 0.25) is 0 Å². The van der Waals surface area contributed by atoms with Crippen molar-refractivity contribution in [2.45, 2.75) is 18.9 Å². The van der Waals surface area contributed by atoms with E-state index in [1.54, 1.807) is 11.0 Å². The highest BCUT2D eigenvalue weighted by atomic mass is 32.1. The van der Waals surface area contributed by atoms with Crippen molar-refractivity contribution in [1.29, 1.82) is 0 Å². The monoisotopic (exact) mass is 376 g/mol. The number of hydrogen-bond acceptors (Lipinski definition) is 4. The Hall–Kier alpha value is -2.74. The largest absolute Gasteiger partial charge is 0.477 e. The minimum atomic E-state index is -1.06. The van der Waals surface area contributed by atoms with Crippen molar-refractivity contribution < 1.29 is 23.9 Å². The van der Waals surface area contributed by atoms with Crippen LogP contribution in [0, 0.1) is 5.82 Å². The molecule has 1 aliphatic heterocycles. The molecule has 0 aliphatic carbocycles. The maximum absolute atomic E-state index is 13.7. The van der Waals surface area contributed by atoms with Gasteiger partial charge in [0.2, 0.25) is 0 Å². The second kappa shape index (κ2) is 7.65. The fourth-order valence-electron chi connectivity index (χ4n) is 2.86. The van der Waals surface area contributed by atoms with Gasteiger partial charge in [0.15, 0.2) is 0 Å². The van der Waals surface area contributed by atoms with Crippen LogP contribution in [0.15, 0.2) is 36.4 Å².